The van der Waals surface area contributed by atoms with Crippen LogP contribution in [0.15, 0.2) is 79.3 Å². The van der Waals surface area contributed by atoms with Gasteiger partial charge in [0.2, 0.25) is 0 Å². The number of aromatic nitrogens is 6. The molecular weight excluding hydrogens is 422 g/mol. The topological polar surface area (TPSA) is 95.2 Å². The van der Waals surface area contributed by atoms with E-state index in [0.717, 1.165) is 74.5 Å². The predicted octanol–water partition coefficient (Wildman–Crippen LogP) is 5.34. The minimum atomic E-state index is 0.782. The van der Waals surface area contributed by atoms with Gasteiger partial charge in [0.25, 0.3) is 0 Å². The second-order valence-electron chi connectivity index (χ2n) is 8.19. The first kappa shape index (κ1) is 20.3. The van der Waals surface area contributed by atoms with Crippen LogP contribution in [-0.4, -0.2) is 36.7 Å². The number of H-pyrrole nitrogens is 2. The van der Waals surface area contributed by atoms with Crippen molar-refractivity contribution in [3.63, 3.8) is 0 Å². The Hall–Kier alpha value is -4.36. The van der Waals surface area contributed by atoms with Crippen LogP contribution in [0.5, 0.6) is 0 Å². The molecule has 0 aliphatic heterocycles. The van der Waals surface area contributed by atoms with Gasteiger partial charge in [0, 0.05) is 47.2 Å². The van der Waals surface area contributed by atoms with E-state index in [-0.39, 0.29) is 0 Å². The number of fused-ring (bicyclic) bond motifs is 2. The first-order chi connectivity index (χ1) is 16.8. The summed E-state index contributed by atoms with van der Waals surface area (Å²) in [5, 5.41) is 12.2. The molecule has 1 aromatic carbocycles. The van der Waals surface area contributed by atoms with Gasteiger partial charge < -0.3 is 10.3 Å². The summed E-state index contributed by atoms with van der Waals surface area (Å²) in [5.74, 6) is 0. The average Bonchev–Trinajstić information content (AvgIpc) is 3.51. The number of aromatic amines is 2. The summed E-state index contributed by atoms with van der Waals surface area (Å²) < 4.78 is 0. The van der Waals surface area contributed by atoms with Crippen molar-refractivity contribution in [2.24, 2.45) is 0 Å². The predicted molar refractivity (Wildman–Crippen MR) is 135 cm³/mol. The molecule has 3 N–H and O–H groups in total. The molecular formula is C27H23N7. The van der Waals surface area contributed by atoms with E-state index >= 15 is 0 Å². The third-order valence-electron chi connectivity index (χ3n) is 5.94. The lowest BCUT2D eigenvalue weighted by molar-refractivity contribution is 0.724. The molecule has 0 atom stereocenters. The molecule has 34 heavy (non-hydrogen) atoms. The lowest BCUT2D eigenvalue weighted by Gasteiger charge is -2.05. The lowest BCUT2D eigenvalue weighted by Crippen LogP contribution is -2.11. The highest BCUT2D eigenvalue weighted by Crippen LogP contribution is 2.33. The Morgan fingerprint density at radius 1 is 0.912 bits per heavy atom. The Kier molecular flexibility index (Phi) is 5.08. The minimum Gasteiger partial charge on any atom is -0.353 e. The highest BCUT2D eigenvalue weighted by molar-refractivity contribution is 6.00. The van der Waals surface area contributed by atoms with Crippen LogP contribution in [0.1, 0.15) is 12.5 Å². The number of hydrogen-bond donors (Lipinski definition) is 3. The van der Waals surface area contributed by atoms with E-state index in [0.29, 0.717) is 0 Å². The van der Waals surface area contributed by atoms with Gasteiger partial charge in [-0.3, -0.25) is 15.1 Å². The van der Waals surface area contributed by atoms with Crippen molar-refractivity contribution in [3.05, 3.63) is 84.8 Å². The van der Waals surface area contributed by atoms with Crippen LogP contribution >= 0.6 is 0 Å². The molecule has 7 nitrogen and oxygen atoms in total. The van der Waals surface area contributed by atoms with Gasteiger partial charge >= 0.3 is 0 Å². The maximum atomic E-state index is 4.97. The van der Waals surface area contributed by atoms with Crippen molar-refractivity contribution in [2.75, 3.05) is 6.54 Å². The van der Waals surface area contributed by atoms with E-state index in [9.17, 15) is 0 Å². The molecule has 0 bridgehead atoms. The molecule has 0 aliphatic rings. The number of benzene rings is 1. The van der Waals surface area contributed by atoms with Crippen molar-refractivity contribution in [3.8, 4) is 33.9 Å². The van der Waals surface area contributed by atoms with Crippen molar-refractivity contribution >= 4 is 21.9 Å². The maximum absolute atomic E-state index is 4.97. The molecule has 0 saturated heterocycles. The Morgan fingerprint density at radius 3 is 2.76 bits per heavy atom. The Morgan fingerprint density at radius 2 is 1.88 bits per heavy atom. The summed E-state index contributed by atoms with van der Waals surface area (Å²) >= 11 is 0. The van der Waals surface area contributed by atoms with Crippen molar-refractivity contribution in [2.45, 2.75) is 13.5 Å². The molecule has 0 unspecified atom stereocenters. The molecule has 5 aromatic heterocycles. The van der Waals surface area contributed by atoms with E-state index < -0.39 is 0 Å². The number of pyridine rings is 3. The van der Waals surface area contributed by atoms with Crippen LogP contribution < -0.4 is 5.32 Å². The van der Waals surface area contributed by atoms with E-state index in [4.69, 9.17) is 4.98 Å². The van der Waals surface area contributed by atoms with Crippen LogP contribution in [0.4, 0.5) is 0 Å². The van der Waals surface area contributed by atoms with Crippen LogP contribution in [0.25, 0.3) is 55.8 Å². The average molecular weight is 446 g/mol. The number of rotatable bonds is 6. The highest BCUT2D eigenvalue weighted by atomic mass is 15.1. The van der Waals surface area contributed by atoms with Gasteiger partial charge in [-0.2, -0.15) is 5.10 Å². The van der Waals surface area contributed by atoms with Crippen LogP contribution in [-0.2, 0) is 6.54 Å². The van der Waals surface area contributed by atoms with Gasteiger partial charge in [-0.15, -0.1) is 0 Å². The summed E-state index contributed by atoms with van der Waals surface area (Å²) in [7, 11) is 0. The van der Waals surface area contributed by atoms with Gasteiger partial charge in [-0.1, -0.05) is 25.1 Å². The molecule has 166 valence electrons. The largest absolute Gasteiger partial charge is 0.353 e. The van der Waals surface area contributed by atoms with Crippen LogP contribution in [0.2, 0.25) is 0 Å². The first-order valence-electron chi connectivity index (χ1n) is 11.3. The zero-order valence-electron chi connectivity index (χ0n) is 18.7. The van der Waals surface area contributed by atoms with Crippen LogP contribution in [0, 0.1) is 0 Å². The summed E-state index contributed by atoms with van der Waals surface area (Å²) in [6.07, 6.45) is 5.56. The lowest BCUT2D eigenvalue weighted by atomic mass is 10.1. The molecule has 6 rings (SSSR count). The minimum absolute atomic E-state index is 0.782. The van der Waals surface area contributed by atoms with Gasteiger partial charge in [0.15, 0.2) is 0 Å². The third-order valence-corrected chi connectivity index (χ3v) is 5.94. The Bertz CT molecular complexity index is 1600. The number of nitrogens with zero attached hydrogens (tertiary/aromatic N) is 4. The zero-order chi connectivity index (χ0) is 22.9. The van der Waals surface area contributed by atoms with E-state index in [1.807, 2.05) is 55.0 Å². The second-order valence-corrected chi connectivity index (χ2v) is 8.19. The van der Waals surface area contributed by atoms with Gasteiger partial charge in [0.1, 0.15) is 11.2 Å². The monoisotopic (exact) mass is 445 g/mol. The standard InChI is InChI=1S/C27H23N7/c1-2-28-14-17-12-18(16-29-15-17)21-9-10-24-26(32-21)27(34-33-24)25-13-20-19(6-5-8-23(20)31-25)22-7-3-4-11-30-22/h3-13,15-16,28,31H,2,14H2,1H3,(H,33,34). The van der Waals surface area contributed by atoms with Crippen molar-refractivity contribution in [1.29, 1.82) is 0 Å². The normalized spacial score (nSPS) is 11.4. The molecule has 7 heteroatoms. The van der Waals surface area contributed by atoms with Crippen molar-refractivity contribution in [1.82, 2.24) is 35.5 Å². The maximum Gasteiger partial charge on any atom is 0.135 e. The SMILES string of the molecule is CCNCc1cncc(-c2ccc3[nH]nc(-c4cc5c(-c6ccccn6)cccc5[nH]4)c3n2)c1. The quantitative estimate of drug-likeness (QED) is 0.322. The summed E-state index contributed by atoms with van der Waals surface area (Å²) in [4.78, 5) is 17.4. The van der Waals surface area contributed by atoms with Gasteiger partial charge in [-0.25, -0.2) is 4.98 Å². The number of nitrogens with one attached hydrogen (secondary N) is 3. The zero-order valence-corrected chi connectivity index (χ0v) is 18.7. The first-order valence-corrected chi connectivity index (χ1v) is 11.3. The Labute approximate surface area is 196 Å². The summed E-state index contributed by atoms with van der Waals surface area (Å²) in [5.41, 5.74) is 9.44. The number of hydrogen-bond acceptors (Lipinski definition) is 5. The molecule has 6 aromatic rings. The highest BCUT2D eigenvalue weighted by Gasteiger charge is 2.15. The van der Waals surface area contributed by atoms with E-state index in [1.165, 1.54) is 0 Å². The Balaban J connectivity index is 1.44. The fourth-order valence-corrected chi connectivity index (χ4v) is 4.27. The molecule has 0 amide bonds. The van der Waals surface area contributed by atoms with Crippen LogP contribution in [0.3, 0.4) is 0 Å². The van der Waals surface area contributed by atoms with Gasteiger partial charge in [-0.05, 0) is 54.6 Å². The van der Waals surface area contributed by atoms with E-state index in [1.54, 1.807) is 0 Å². The fourth-order valence-electron chi connectivity index (χ4n) is 4.27. The smallest absolute Gasteiger partial charge is 0.135 e. The fraction of sp³-hybridized carbons (Fsp3) is 0.111. The molecule has 0 saturated carbocycles. The van der Waals surface area contributed by atoms with E-state index in [2.05, 4.69) is 61.7 Å². The van der Waals surface area contributed by atoms with Crippen molar-refractivity contribution < 1.29 is 0 Å². The molecule has 0 aliphatic carbocycles. The molecule has 0 radical (unpaired) electrons. The second kappa shape index (κ2) is 8.53. The summed E-state index contributed by atoms with van der Waals surface area (Å²) in [6.45, 7) is 3.79. The van der Waals surface area contributed by atoms with Gasteiger partial charge in [0.05, 0.1) is 22.6 Å². The molecule has 0 fully saturated rings. The summed E-state index contributed by atoms with van der Waals surface area (Å²) in [6, 6.07) is 20.4. The third kappa shape index (κ3) is 3.62. The molecule has 5 heterocycles. The molecule has 0 spiro atoms.